The van der Waals surface area contributed by atoms with E-state index in [0.717, 1.165) is 5.56 Å². The fraction of sp³-hybridized carbons (Fsp3) is 0.133. The number of nitrogens with one attached hydrogen (secondary N) is 1. The monoisotopic (exact) mass is 307 g/mol. The average Bonchev–Trinajstić information content (AvgIpc) is 2.45. The van der Waals surface area contributed by atoms with Gasteiger partial charge in [-0.3, -0.25) is 0 Å². The van der Waals surface area contributed by atoms with Crippen molar-refractivity contribution in [1.29, 1.82) is 0 Å². The van der Waals surface area contributed by atoms with Crippen molar-refractivity contribution in [1.82, 2.24) is 4.90 Å². The van der Waals surface area contributed by atoms with E-state index >= 15 is 0 Å². The minimum absolute atomic E-state index is 0.132. The molecule has 0 spiro atoms. The van der Waals surface area contributed by atoms with Gasteiger partial charge in [-0.25, -0.2) is 9.18 Å². The van der Waals surface area contributed by atoms with E-state index in [9.17, 15) is 9.18 Å². The fourth-order valence-electron chi connectivity index (χ4n) is 1.82. The molecule has 0 atom stereocenters. The first kappa shape index (κ1) is 15.1. The van der Waals surface area contributed by atoms with E-state index in [-0.39, 0.29) is 12.2 Å². The van der Waals surface area contributed by atoms with Gasteiger partial charge in [-0.15, -0.1) is 0 Å². The molecule has 0 aliphatic heterocycles. The number of urea groups is 1. The van der Waals surface area contributed by atoms with Gasteiger partial charge >= 0.3 is 6.03 Å². The Balaban J connectivity index is 2.06. The molecule has 0 saturated carbocycles. The summed E-state index contributed by atoms with van der Waals surface area (Å²) in [6.07, 6.45) is 0. The van der Waals surface area contributed by atoms with Gasteiger partial charge in [0.15, 0.2) is 0 Å². The second-order valence-electron chi connectivity index (χ2n) is 4.62. The summed E-state index contributed by atoms with van der Waals surface area (Å²) in [5.74, 6) is -0.485. The van der Waals surface area contributed by atoms with Gasteiger partial charge in [-0.05, 0) is 35.9 Å². The van der Waals surface area contributed by atoms with Crippen LogP contribution in [0.2, 0.25) is 5.02 Å². The molecule has 0 heterocycles. The number of nitrogens with zero attached hydrogens (tertiary/aromatic N) is 1. The van der Waals surface area contributed by atoms with Crippen molar-refractivity contribution >= 4 is 29.0 Å². The van der Waals surface area contributed by atoms with Gasteiger partial charge in [0, 0.05) is 24.3 Å². The molecule has 4 nitrogen and oxygen atoms in total. The lowest BCUT2D eigenvalue weighted by molar-refractivity contribution is 0.220. The number of carbonyl (C=O) groups excluding carboxylic acids is 1. The molecule has 0 aromatic heterocycles. The van der Waals surface area contributed by atoms with Gasteiger partial charge in [0.1, 0.15) is 5.82 Å². The van der Waals surface area contributed by atoms with Crippen molar-refractivity contribution < 1.29 is 9.18 Å². The molecule has 0 saturated heterocycles. The zero-order valence-corrected chi connectivity index (χ0v) is 12.2. The molecule has 0 fully saturated rings. The van der Waals surface area contributed by atoms with Crippen LogP contribution >= 0.6 is 11.6 Å². The molecule has 2 aromatic carbocycles. The Morgan fingerprint density at radius 3 is 2.76 bits per heavy atom. The largest absolute Gasteiger partial charge is 0.399 e. The van der Waals surface area contributed by atoms with E-state index in [1.807, 2.05) is 0 Å². The number of benzene rings is 2. The molecule has 21 heavy (non-hydrogen) atoms. The third-order valence-corrected chi connectivity index (χ3v) is 3.31. The number of halogens is 2. The number of amides is 2. The number of carbonyl (C=O) groups is 1. The SMILES string of the molecule is CN(Cc1cc(N)ccc1Cl)C(=O)Nc1ccccc1F. The van der Waals surface area contributed by atoms with Gasteiger partial charge in [-0.1, -0.05) is 23.7 Å². The van der Waals surface area contributed by atoms with Gasteiger partial charge in [0.25, 0.3) is 0 Å². The fourth-order valence-corrected chi connectivity index (χ4v) is 1.99. The molecule has 2 aromatic rings. The van der Waals surface area contributed by atoms with Gasteiger partial charge in [0.2, 0.25) is 0 Å². The standard InChI is InChI=1S/C15H15ClFN3O/c1-20(9-10-8-11(18)6-7-12(10)16)15(21)19-14-5-3-2-4-13(14)17/h2-8H,9,18H2,1H3,(H,19,21). The van der Waals surface area contributed by atoms with Crippen molar-refractivity contribution in [2.75, 3.05) is 18.1 Å². The predicted octanol–water partition coefficient (Wildman–Crippen LogP) is 3.73. The van der Waals surface area contributed by atoms with Crippen molar-refractivity contribution in [3.05, 3.63) is 58.9 Å². The van der Waals surface area contributed by atoms with E-state index < -0.39 is 11.8 Å². The first-order valence-electron chi connectivity index (χ1n) is 6.28. The van der Waals surface area contributed by atoms with Crippen molar-refractivity contribution in [3.8, 4) is 0 Å². The quantitative estimate of drug-likeness (QED) is 0.849. The zero-order valence-electron chi connectivity index (χ0n) is 11.4. The normalized spacial score (nSPS) is 10.2. The Morgan fingerprint density at radius 1 is 1.33 bits per heavy atom. The summed E-state index contributed by atoms with van der Waals surface area (Å²) in [5, 5.41) is 3.02. The molecule has 0 unspecified atom stereocenters. The van der Waals surface area contributed by atoms with Crippen LogP contribution in [0.15, 0.2) is 42.5 Å². The highest BCUT2D eigenvalue weighted by molar-refractivity contribution is 6.31. The lowest BCUT2D eigenvalue weighted by atomic mass is 10.2. The lowest BCUT2D eigenvalue weighted by Crippen LogP contribution is -2.31. The molecular formula is C15H15ClFN3O. The Bertz CT molecular complexity index is 663. The van der Waals surface area contributed by atoms with Gasteiger partial charge in [-0.2, -0.15) is 0 Å². The number of hydrogen-bond acceptors (Lipinski definition) is 2. The maximum atomic E-state index is 13.5. The van der Waals surface area contributed by atoms with Crippen molar-refractivity contribution in [3.63, 3.8) is 0 Å². The minimum Gasteiger partial charge on any atom is -0.399 e. The first-order chi connectivity index (χ1) is 9.97. The molecule has 0 bridgehead atoms. The summed E-state index contributed by atoms with van der Waals surface area (Å²) >= 11 is 6.06. The number of nitrogen functional groups attached to an aromatic ring is 1. The van der Waals surface area contributed by atoms with Crippen LogP contribution in [0.3, 0.4) is 0 Å². The maximum absolute atomic E-state index is 13.5. The summed E-state index contributed by atoms with van der Waals surface area (Å²) in [4.78, 5) is 13.4. The van der Waals surface area contributed by atoms with Crippen molar-refractivity contribution in [2.24, 2.45) is 0 Å². The number of anilines is 2. The topological polar surface area (TPSA) is 58.4 Å². The number of rotatable bonds is 3. The van der Waals surface area contributed by atoms with Crippen LogP contribution in [0.5, 0.6) is 0 Å². The predicted molar refractivity (Wildman–Crippen MR) is 82.8 cm³/mol. The molecule has 110 valence electrons. The van der Waals surface area contributed by atoms with Gasteiger partial charge < -0.3 is 16.0 Å². The average molecular weight is 308 g/mol. The molecule has 0 radical (unpaired) electrons. The molecular weight excluding hydrogens is 293 g/mol. The molecule has 0 aliphatic rings. The Labute approximate surface area is 127 Å². The molecule has 3 N–H and O–H groups in total. The van der Waals surface area contributed by atoms with Crippen LogP contribution in [0.4, 0.5) is 20.6 Å². The van der Waals surface area contributed by atoms with Crippen LogP contribution in [0.25, 0.3) is 0 Å². The molecule has 6 heteroatoms. The molecule has 2 rings (SSSR count). The number of para-hydroxylation sites is 1. The Kier molecular flexibility index (Phi) is 4.65. The van der Waals surface area contributed by atoms with Gasteiger partial charge in [0.05, 0.1) is 5.69 Å². The smallest absolute Gasteiger partial charge is 0.321 e. The highest BCUT2D eigenvalue weighted by Gasteiger charge is 2.13. The summed E-state index contributed by atoms with van der Waals surface area (Å²) in [5.41, 5.74) is 7.12. The summed E-state index contributed by atoms with van der Waals surface area (Å²) in [7, 11) is 1.59. The highest BCUT2D eigenvalue weighted by atomic mass is 35.5. The number of hydrogen-bond donors (Lipinski definition) is 2. The van der Waals surface area contributed by atoms with Crippen LogP contribution in [0, 0.1) is 5.82 Å². The first-order valence-corrected chi connectivity index (χ1v) is 6.65. The summed E-state index contributed by atoms with van der Waals surface area (Å²) < 4.78 is 13.5. The molecule has 2 amide bonds. The van der Waals surface area contributed by atoms with E-state index in [4.69, 9.17) is 17.3 Å². The molecule has 0 aliphatic carbocycles. The zero-order chi connectivity index (χ0) is 15.4. The van der Waals surface area contributed by atoms with E-state index in [1.54, 1.807) is 37.4 Å². The van der Waals surface area contributed by atoms with Crippen LogP contribution < -0.4 is 11.1 Å². The Hall–Kier alpha value is -2.27. The third kappa shape index (κ3) is 3.86. The Morgan fingerprint density at radius 2 is 2.05 bits per heavy atom. The minimum atomic E-state index is -0.485. The van der Waals surface area contributed by atoms with E-state index in [2.05, 4.69) is 5.32 Å². The van der Waals surface area contributed by atoms with Crippen LogP contribution in [0.1, 0.15) is 5.56 Å². The van der Waals surface area contributed by atoms with Crippen LogP contribution in [-0.4, -0.2) is 18.0 Å². The highest BCUT2D eigenvalue weighted by Crippen LogP contribution is 2.20. The summed E-state index contributed by atoms with van der Waals surface area (Å²) in [6.45, 7) is 0.268. The van der Waals surface area contributed by atoms with Crippen molar-refractivity contribution in [2.45, 2.75) is 6.54 Å². The maximum Gasteiger partial charge on any atom is 0.321 e. The number of nitrogens with two attached hydrogens (primary N) is 1. The van der Waals surface area contributed by atoms with E-state index in [1.165, 1.54) is 17.0 Å². The second kappa shape index (κ2) is 6.45. The third-order valence-electron chi connectivity index (χ3n) is 2.94. The second-order valence-corrected chi connectivity index (χ2v) is 5.02. The lowest BCUT2D eigenvalue weighted by Gasteiger charge is -2.19. The van der Waals surface area contributed by atoms with E-state index in [0.29, 0.717) is 10.7 Å². The summed E-state index contributed by atoms with van der Waals surface area (Å²) in [6, 6.07) is 10.6. The van der Waals surface area contributed by atoms with Crippen LogP contribution in [-0.2, 0) is 6.54 Å².